The Morgan fingerprint density at radius 3 is 2.25 bits per heavy atom. The fourth-order valence-corrected chi connectivity index (χ4v) is 2.43. The molecular formula is C19H27ClN2O2. The molecule has 1 atom stereocenters. The van der Waals surface area contributed by atoms with Crippen LogP contribution >= 0.6 is 12.4 Å². The molecule has 0 aliphatic rings. The van der Waals surface area contributed by atoms with Gasteiger partial charge >= 0.3 is 0 Å². The number of nitrogens with zero attached hydrogens (tertiary/aromatic N) is 1. The number of likely N-dealkylation sites (N-methyl/N-ethyl adjacent to an activating group) is 1. The fraction of sp³-hybridized carbons (Fsp3) is 0.421. The second-order valence-electron chi connectivity index (χ2n) is 7.03. The molecule has 1 aromatic carbocycles. The number of furan rings is 1. The van der Waals surface area contributed by atoms with E-state index in [1.165, 1.54) is 5.56 Å². The predicted molar refractivity (Wildman–Crippen MR) is 99.9 cm³/mol. The van der Waals surface area contributed by atoms with Crippen molar-refractivity contribution < 1.29 is 9.21 Å². The van der Waals surface area contributed by atoms with Crippen LogP contribution in [0.4, 0.5) is 0 Å². The summed E-state index contributed by atoms with van der Waals surface area (Å²) in [4.78, 5) is 14.4. The lowest BCUT2D eigenvalue weighted by atomic mass is 9.87. The van der Waals surface area contributed by atoms with E-state index in [0.717, 1.165) is 5.76 Å². The van der Waals surface area contributed by atoms with E-state index in [1.807, 2.05) is 55.4 Å². The lowest BCUT2D eigenvalue weighted by Crippen LogP contribution is -2.34. The first-order chi connectivity index (χ1) is 10.8. The van der Waals surface area contributed by atoms with Gasteiger partial charge in [0.2, 0.25) is 0 Å². The molecule has 5 heteroatoms. The van der Waals surface area contributed by atoms with Gasteiger partial charge in [-0.1, -0.05) is 32.9 Å². The van der Waals surface area contributed by atoms with Crippen molar-refractivity contribution in [3.05, 3.63) is 59.5 Å². The zero-order chi connectivity index (χ0) is 17.0. The van der Waals surface area contributed by atoms with Crippen molar-refractivity contribution in [1.29, 1.82) is 0 Å². The normalized spacial score (nSPS) is 12.6. The van der Waals surface area contributed by atoms with Crippen LogP contribution in [0.1, 0.15) is 48.5 Å². The summed E-state index contributed by atoms with van der Waals surface area (Å²) in [7, 11) is 3.94. The summed E-state index contributed by atoms with van der Waals surface area (Å²) in [5.74, 6) is 0.780. The zero-order valence-corrected chi connectivity index (χ0v) is 15.8. The van der Waals surface area contributed by atoms with Gasteiger partial charge in [0, 0.05) is 12.1 Å². The molecule has 0 fully saturated rings. The Morgan fingerprint density at radius 1 is 1.17 bits per heavy atom. The van der Waals surface area contributed by atoms with E-state index in [9.17, 15) is 4.79 Å². The first-order valence-electron chi connectivity index (χ1n) is 7.87. The second-order valence-corrected chi connectivity index (χ2v) is 7.03. The lowest BCUT2D eigenvalue weighted by Gasteiger charge is -2.23. The average Bonchev–Trinajstić information content (AvgIpc) is 3.00. The van der Waals surface area contributed by atoms with Crippen molar-refractivity contribution in [3.63, 3.8) is 0 Å². The minimum atomic E-state index is -0.0659. The van der Waals surface area contributed by atoms with Crippen LogP contribution in [0, 0.1) is 0 Å². The third kappa shape index (κ3) is 5.11. The summed E-state index contributed by atoms with van der Waals surface area (Å²) in [6.45, 7) is 6.98. The maximum Gasteiger partial charge on any atom is 0.251 e. The Kier molecular flexibility index (Phi) is 7.06. The summed E-state index contributed by atoms with van der Waals surface area (Å²) in [6.07, 6.45) is 1.65. The SMILES string of the molecule is CN(C)C(CNC(=O)c1ccc(C(C)(C)C)cc1)c1ccco1.Cl. The number of carbonyl (C=O) groups is 1. The lowest BCUT2D eigenvalue weighted by molar-refractivity contribution is 0.0939. The Morgan fingerprint density at radius 2 is 1.79 bits per heavy atom. The van der Waals surface area contributed by atoms with Gasteiger partial charge < -0.3 is 9.73 Å². The van der Waals surface area contributed by atoms with E-state index in [4.69, 9.17) is 4.42 Å². The number of amides is 1. The molecule has 1 aromatic heterocycles. The molecule has 1 heterocycles. The van der Waals surface area contributed by atoms with Gasteiger partial charge in [-0.25, -0.2) is 0 Å². The number of hydrogen-bond acceptors (Lipinski definition) is 3. The molecule has 0 radical (unpaired) electrons. The molecule has 0 saturated heterocycles. The van der Waals surface area contributed by atoms with Crippen LogP contribution in [-0.4, -0.2) is 31.4 Å². The van der Waals surface area contributed by atoms with E-state index >= 15 is 0 Å². The minimum Gasteiger partial charge on any atom is -0.468 e. The molecule has 0 spiro atoms. The molecule has 0 bridgehead atoms. The van der Waals surface area contributed by atoms with Crippen molar-refractivity contribution >= 4 is 18.3 Å². The molecule has 24 heavy (non-hydrogen) atoms. The summed E-state index contributed by atoms with van der Waals surface area (Å²) < 4.78 is 5.46. The monoisotopic (exact) mass is 350 g/mol. The van der Waals surface area contributed by atoms with E-state index in [1.54, 1.807) is 6.26 Å². The van der Waals surface area contributed by atoms with Gasteiger partial charge in [-0.15, -0.1) is 12.4 Å². The second kappa shape index (κ2) is 8.36. The molecule has 2 aromatic rings. The highest BCUT2D eigenvalue weighted by molar-refractivity contribution is 5.94. The van der Waals surface area contributed by atoms with Gasteiger partial charge in [0.15, 0.2) is 0 Å². The molecular weight excluding hydrogens is 324 g/mol. The largest absolute Gasteiger partial charge is 0.468 e. The van der Waals surface area contributed by atoms with Crippen molar-refractivity contribution in [3.8, 4) is 0 Å². The first kappa shape index (κ1) is 20.3. The maximum atomic E-state index is 12.3. The molecule has 0 aliphatic heterocycles. The Bertz CT molecular complexity index is 628. The van der Waals surface area contributed by atoms with Crippen molar-refractivity contribution in [1.82, 2.24) is 10.2 Å². The number of nitrogens with one attached hydrogen (secondary N) is 1. The number of benzene rings is 1. The zero-order valence-electron chi connectivity index (χ0n) is 15.0. The van der Waals surface area contributed by atoms with Crippen LogP contribution in [-0.2, 0) is 5.41 Å². The highest BCUT2D eigenvalue weighted by atomic mass is 35.5. The Hall–Kier alpha value is -1.78. The van der Waals surface area contributed by atoms with E-state index in [0.29, 0.717) is 12.1 Å². The van der Waals surface area contributed by atoms with Gasteiger partial charge in [-0.05, 0) is 49.3 Å². The number of carbonyl (C=O) groups excluding carboxylic acids is 1. The van der Waals surface area contributed by atoms with Gasteiger partial charge in [0.05, 0.1) is 12.3 Å². The van der Waals surface area contributed by atoms with Crippen LogP contribution in [0.25, 0.3) is 0 Å². The average molecular weight is 351 g/mol. The van der Waals surface area contributed by atoms with E-state index in [-0.39, 0.29) is 29.8 Å². The molecule has 0 aliphatic carbocycles. The van der Waals surface area contributed by atoms with Crippen LogP contribution in [0.3, 0.4) is 0 Å². The van der Waals surface area contributed by atoms with Crippen LogP contribution in [0.15, 0.2) is 47.1 Å². The van der Waals surface area contributed by atoms with Crippen molar-refractivity contribution in [2.45, 2.75) is 32.2 Å². The van der Waals surface area contributed by atoms with Crippen LogP contribution in [0.2, 0.25) is 0 Å². The topological polar surface area (TPSA) is 45.5 Å². The first-order valence-corrected chi connectivity index (χ1v) is 7.87. The minimum absolute atomic E-state index is 0. The Labute approximate surface area is 150 Å². The molecule has 1 unspecified atom stereocenters. The molecule has 2 rings (SSSR count). The summed E-state index contributed by atoms with van der Waals surface area (Å²) in [6, 6.07) is 11.6. The van der Waals surface area contributed by atoms with Crippen molar-refractivity contribution in [2.75, 3.05) is 20.6 Å². The highest BCUT2D eigenvalue weighted by Gasteiger charge is 2.19. The molecule has 0 saturated carbocycles. The summed E-state index contributed by atoms with van der Waals surface area (Å²) in [5.41, 5.74) is 1.98. The fourth-order valence-electron chi connectivity index (χ4n) is 2.43. The van der Waals surface area contributed by atoms with Gasteiger partial charge in [-0.3, -0.25) is 9.69 Å². The summed E-state index contributed by atoms with van der Waals surface area (Å²) in [5, 5.41) is 2.99. The maximum absolute atomic E-state index is 12.3. The Balaban J connectivity index is 0.00000288. The van der Waals surface area contributed by atoms with E-state index < -0.39 is 0 Å². The predicted octanol–water partition coefficient (Wildman–Crippen LogP) is 4.03. The number of hydrogen-bond donors (Lipinski definition) is 1. The quantitative estimate of drug-likeness (QED) is 0.885. The van der Waals surface area contributed by atoms with Gasteiger partial charge in [0.25, 0.3) is 5.91 Å². The van der Waals surface area contributed by atoms with Gasteiger partial charge in [-0.2, -0.15) is 0 Å². The molecule has 132 valence electrons. The van der Waals surface area contributed by atoms with E-state index in [2.05, 4.69) is 26.1 Å². The van der Waals surface area contributed by atoms with Gasteiger partial charge in [0.1, 0.15) is 5.76 Å². The third-order valence-electron chi connectivity index (χ3n) is 3.96. The molecule has 4 nitrogen and oxygen atoms in total. The van der Waals surface area contributed by atoms with Crippen molar-refractivity contribution in [2.24, 2.45) is 0 Å². The molecule has 1 N–H and O–H groups in total. The summed E-state index contributed by atoms with van der Waals surface area (Å²) >= 11 is 0. The highest BCUT2D eigenvalue weighted by Crippen LogP contribution is 2.22. The smallest absolute Gasteiger partial charge is 0.251 e. The number of halogens is 1. The standard InChI is InChI=1S/C19H26N2O2.ClH/c1-19(2,3)15-10-8-14(9-11-15)18(22)20-13-16(21(4)5)17-7-6-12-23-17;/h6-12,16H,13H2,1-5H3,(H,20,22);1H. The third-order valence-corrected chi connectivity index (χ3v) is 3.96. The van der Waals surface area contributed by atoms with Crippen LogP contribution in [0.5, 0.6) is 0 Å². The molecule has 1 amide bonds. The number of rotatable bonds is 5. The van der Waals surface area contributed by atoms with Crippen LogP contribution < -0.4 is 5.32 Å².